The Morgan fingerprint density at radius 2 is 1.95 bits per heavy atom. The highest BCUT2D eigenvalue weighted by Gasteiger charge is 2.15. The average molecular weight is 281 g/mol. The van der Waals surface area contributed by atoms with Gasteiger partial charge >= 0.3 is 0 Å². The van der Waals surface area contributed by atoms with Gasteiger partial charge in [0.1, 0.15) is 5.75 Å². The molecule has 1 rings (SSSR count). The molecule has 2 nitrogen and oxygen atoms in total. The van der Waals surface area contributed by atoms with Crippen molar-refractivity contribution in [3.63, 3.8) is 0 Å². The molecule has 0 bridgehead atoms. The standard InChI is InChI=1S/C16H27NOS/c1-5-11-19-12-15(17-6-2)14-9-7-8-10-16(14)18-13(3)4/h7-10,13,15,17H,5-6,11-12H2,1-4H3. The molecular formula is C16H27NOS. The highest BCUT2D eigenvalue weighted by molar-refractivity contribution is 7.99. The average Bonchev–Trinajstić information content (AvgIpc) is 2.38. The van der Waals surface area contributed by atoms with E-state index in [2.05, 4.69) is 51.2 Å². The second kappa shape index (κ2) is 9.27. The maximum absolute atomic E-state index is 5.93. The van der Waals surface area contributed by atoms with E-state index < -0.39 is 0 Å². The van der Waals surface area contributed by atoms with Crippen LogP contribution in [0.5, 0.6) is 5.75 Å². The van der Waals surface area contributed by atoms with Crippen molar-refractivity contribution in [2.24, 2.45) is 0 Å². The van der Waals surface area contributed by atoms with Crippen LogP contribution in [0.3, 0.4) is 0 Å². The van der Waals surface area contributed by atoms with Gasteiger partial charge in [-0.05, 0) is 38.6 Å². The van der Waals surface area contributed by atoms with Crippen molar-refractivity contribution >= 4 is 11.8 Å². The van der Waals surface area contributed by atoms with Gasteiger partial charge in [-0.3, -0.25) is 0 Å². The van der Waals surface area contributed by atoms with Crippen LogP contribution in [-0.4, -0.2) is 24.2 Å². The number of rotatable bonds is 9. The van der Waals surface area contributed by atoms with Gasteiger partial charge in [-0.2, -0.15) is 11.8 Å². The van der Waals surface area contributed by atoms with Crippen molar-refractivity contribution in [3.05, 3.63) is 29.8 Å². The van der Waals surface area contributed by atoms with Crippen LogP contribution in [0.2, 0.25) is 0 Å². The van der Waals surface area contributed by atoms with Crippen molar-refractivity contribution in [2.75, 3.05) is 18.1 Å². The van der Waals surface area contributed by atoms with Gasteiger partial charge in [0.25, 0.3) is 0 Å². The lowest BCUT2D eigenvalue weighted by Gasteiger charge is -2.22. The lowest BCUT2D eigenvalue weighted by molar-refractivity contribution is 0.238. The fourth-order valence-corrected chi connectivity index (χ4v) is 2.97. The summed E-state index contributed by atoms with van der Waals surface area (Å²) in [6, 6.07) is 8.76. The molecule has 3 heteroatoms. The molecule has 0 aliphatic heterocycles. The zero-order chi connectivity index (χ0) is 14.1. The first-order valence-corrected chi connectivity index (χ1v) is 8.41. The second-order valence-corrected chi connectivity index (χ2v) is 6.04. The molecule has 1 atom stereocenters. The second-order valence-electron chi connectivity index (χ2n) is 4.89. The number of thioether (sulfide) groups is 1. The Balaban J connectivity index is 2.81. The van der Waals surface area contributed by atoms with Gasteiger partial charge in [0.05, 0.1) is 6.10 Å². The van der Waals surface area contributed by atoms with Gasteiger partial charge in [0.2, 0.25) is 0 Å². The third-order valence-corrected chi connectivity index (χ3v) is 4.01. The summed E-state index contributed by atoms with van der Waals surface area (Å²) in [5.41, 5.74) is 1.28. The first kappa shape index (κ1) is 16.4. The van der Waals surface area contributed by atoms with Crippen molar-refractivity contribution in [1.82, 2.24) is 5.32 Å². The van der Waals surface area contributed by atoms with Crippen LogP contribution in [-0.2, 0) is 0 Å². The Morgan fingerprint density at radius 1 is 1.21 bits per heavy atom. The minimum absolute atomic E-state index is 0.215. The van der Waals surface area contributed by atoms with E-state index in [1.54, 1.807) is 0 Å². The molecule has 0 fully saturated rings. The van der Waals surface area contributed by atoms with Gasteiger partial charge in [0, 0.05) is 17.4 Å². The molecule has 1 aromatic rings. The predicted molar refractivity (Wildman–Crippen MR) is 86.2 cm³/mol. The van der Waals surface area contributed by atoms with Crippen LogP contribution in [0.25, 0.3) is 0 Å². The molecule has 0 aliphatic carbocycles. The van der Waals surface area contributed by atoms with E-state index in [-0.39, 0.29) is 6.10 Å². The summed E-state index contributed by atoms with van der Waals surface area (Å²) in [6.45, 7) is 9.51. The van der Waals surface area contributed by atoms with Gasteiger partial charge in [-0.1, -0.05) is 32.0 Å². The molecule has 0 spiro atoms. The van der Waals surface area contributed by atoms with Crippen LogP contribution in [0.4, 0.5) is 0 Å². The predicted octanol–water partition coefficient (Wildman–Crippen LogP) is 4.27. The van der Waals surface area contributed by atoms with Gasteiger partial charge in [0.15, 0.2) is 0 Å². The van der Waals surface area contributed by atoms with Crippen LogP contribution in [0, 0.1) is 0 Å². The maximum Gasteiger partial charge on any atom is 0.124 e. The summed E-state index contributed by atoms with van der Waals surface area (Å²) in [7, 11) is 0. The quantitative estimate of drug-likeness (QED) is 0.683. The molecule has 0 saturated carbocycles. The summed E-state index contributed by atoms with van der Waals surface area (Å²) < 4.78 is 5.93. The minimum atomic E-state index is 0.215. The number of hydrogen-bond acceptors (Lipinski definition) is 3. The minimum Gasteiger partial charge on any atom is -0.491 e. The molecular weight excluding hydrogens is 254 g/mol. The molecule has 0 amide bonds. The van der Waals surface area contributed by atoms with E-state index in [9.17, 15) is 0 Å². The Hall–Kier alpha value is -0.670. The third-order valence-electron chi connectivity index (χ3n) is 2.74. The van der Waals surface area contributed by atoms with E-state index >= 15 is 0 Å². The summed E-state index contributed by atoms with van der Waals surface area (Å²) in [5, 5.41) is 3.57. The van der Waals surface area contributed by atoms with Gasteiger partial charge < -0.3 is 10.1 Å². The van der Waals surface area contributed by atoms with Gasteiger partial charge in [-0.15, -0.1) is 0 Å². The van der Waals surface area contributed by atoms with E-state index in [0.717, 1.165) is 18.0 Å². The Morgan fingerprint density at radius 3 is 2.58 bits per heavy atom. The molecule has 1 aromatic carbocycles. The zero-order valence-electron chi connectivity index (χ0n) is 12.6. The summed E-state index contributed by atoms with van der Waals surface area (Å²) in [6.07, 6.45) is 1.44. The zero-order valence-corrected chi connectivity index (χ0v) is 13.4. The van der Waals surface area contributed by atoms with E-state index in [1.165, 1.54) is 17.7 Å². The molecule has 1 N–H and O–H groups in total. The molecule has 0 saturated heterocycles. The number of para-hydroxylation sites is 1. The molecule has 19 heavy (non-hydrogen) atoms. The lowest BCUT2D eigenvalue weighted by atomic mass is 10.1. The van der Waals surface area contributed by atoms with E-state index in [1.807, 2.05) is 17.8 Å². The molecule has 1 unspecified atom stereocenters. The lowest BCUT2D eigenvalue weighted by Crippen LogP contribution is -2.24. The fourth-order valence-electron chi connectivity index (χ4n) is 1.98. The highest BCUT2D eigenvalue weighted by atomic mass is 32.2. The largest absolute Gasteiger partial charge is 0.491 e. The van der Waals surface area contributed by atoms with Crippen molar-refractivity contribution in [2.45, 2.75) is 46.3 Å². The van der Waals surface area contributed by atoms with Crippen molar-refractivity contribution in [3.8, 4) is 5.75 Å². The third kappa shape index (κ3) is 5.87. The molecule has 0 heterocycles. The summed E-state index contributed by atoms with van der Waals surface area (Å²) >= 11 is 2.01. The van der Waals surface area contributed by atoms with Crippen LogP contribution in [0.1, 0.15) is 45.7 Å². The molecule has 108 valence electrons. The van der Waals surface area contributed by atoms with E-state index in [4.69, 9.17) is 4.74 Å². The van der Waals surface area contributed by atoms with Crippen LogP contribution >= 0.6 is 11.8 Å². The Labute approximate surface area is 122 Å². The van der Waals surface area contributed by atoms with Crippen molar-refractivity contribution < 1.29 is 4.74 Å². The number of hydrogen-bond donors (Lipinski definition) is 1. The smallest absolute Gasteiger partial charge is 0.124 e. The normalized spacial score (nSPS) is 12.7. The van der Waals surface area contributed by atoms with Crippen LogP contribution in [0.15, 0.2) is 24.3 Å². The number of ether oxygens (including phenoxy) is 1. The van der Waals surface area contributed by atoms with Crippen molar-refractivity contribution in [1.29, 1.82) is 0 Å². The summed E-state index contributed by atoms with van der Waals surface area (Å²) in [5.74, 6) is 3.33. The van der Waals surface area contributed by atoms with Gasteiger partial charge in [-0.25, -0.2) is 0 Å². The topological polar surface area (TPSA) is 21.3 Å². The molecule has 0 radical (unpaired) electrons. The molecule has 0 aromatic heterocycles. The highest BCUT2D eigenvalue weighted by Crippen LogP contribution is 2.28. The first-order valence-electron chi connectivity index (χ1n) is 7.25. The van der Waals surface area contributed by atoms with Crippen LogP contribution < -0.4 is 10.1 Å². The Kier molecular flexibility index (Phi) is 7.99. The monoisotopic (exact) mass is 281 g/mol. The fraction of sp³-hybridized carbons (Fsp3) is 0.625. The SMILES string of the molecule is CCCSCC(NCC)c1ccccc1OC(C)C. The number of nitrogens with one attached hydrogen (secondary N) is 1. The Bertz CT molecular complexity index is 354. The molecule has 0 aliphatic rings. The summed E-state index contributed by atoms with van der Waals surface area (Å²) in [4.78, 5) is 0. The maximum atomic E-state index is 5.93. The van der Waals surface area contributed by atoms with E-state index in [0.29, 0.717) is 6.04 Å². The first-order chi connectivity index (χ1) is 9.19. The number of benzene rings is 1.